The second-order valence-corrected chi connectivity index (χ2v) is 9.93. The maximum absolute atomic E-state index is 12.6. The number of rotatable bonds is 5. The third kappa shape index (κ3) is 4.18. The van der Waals surface area contributed by atoms with Crippen LogP contribution >= 0.6 is 11.6 Å². The summed E-state index contributed by atoms with van der Waals surface area (Å²) >= 11 is 5.89. The van der Waals surface area contributed by atoms with E-state index in [0.717, 1.165) is 25.7 Å². The van der Waals surface area contributed by atoms with Gasteiger partial charge in [-0.25, -0.2) is 8.42 Å². The highest BCUT2D eigenvalue weighted by molar-refractivity contribution is 7.92. The number of hydrogen-bond donors (Lipinski definition) is 2. The number of hydrogen-bond acceptors (Lipinski definition) is 4. The molecule has 0 spiro atoms. The third-order valence-electron chi connectivity index (χ3n) is 5.48. The van der Waals surface area contributed by atoms with Crippen molar-refractivity contribution in [2.75, 3.05) is 6.54 Å². The van der Waals surface area contributed by atoms with Crippen LogP contribution in [0.1, 0.15) is 38.5 Å². The van der Waals surface area contributed by atoms with Crippen LogP contribution in [-0.2, 0) is 14.6 Å². The molecule has 0 unspecified atom stereocenters. The highest BCUT2D eigenvalue weighted by Gasteiger charge is 2.40. The number of nitrogens with two attached hydrogens (primary N) is 1. The van der Waals surface area contributed by atoms with Crippen molar-refractivity contribution in [3.05, 3.63) is 29.3 Å². The van der Waals surface area contributed by atoms with Crippen molar-refractivity contribution in [3.8, 4) is 0 Å². The molecule has 3 N–H and O–H groups in total. The number of sulfone groups is 1. The lowest BCUT2D eigenvalue weighted by Gasteiger charge is -2.35. The van der Waals surface area contributed by atoms with Crippen molar-refractivity contribution < 1.29 is 13.2 Å². The number of carbonyl (C=O) groups is 1. The van der Waals surface area contributed by atoms with Gasteiger partial charge in [-0.15, -0.1) is 0 Å². The summed E-state index contributed by atoms with van der Waals surface area (Å²) in [5.41, 5.74) is 6.04. The lowest BCUT2D eigenvalue weighted by atomic mass is 9.83. The Kier molecular flexibility index (Phi) is 5.71. The molecule has 0 saturated heterocycles. The predicted molar refractivity (Wildman–Crippen MR) is 98.1 cm³/mol. The Balaban J connectivity index is 1.48. The van der Waals surface area contributed by atoms with E-state index in [1.54, 1.807) is 18.2 Å². The third-order valence-corrected chi connectivity index (χ3v) is 7.89. The zero-order chi connectivity index (χ0) is 18.0. The summed E-state index contributed by atoms with van der Waals surface area (Å²) in [5.74, 6) is 0.135. The van der Waals surface area contributed by atoms with Crippen molar-refractivity contribution in [1.82, 2.24) is 5.32 Å². The second-order valence-electron chi connectivity index (χ2n) is 7.26. The predicted octanol–water partition coefficient (Wildman–Crippen LogP) is 2.53. The molecule has 2 aliphatic rings. The molecule has 2 aliphatic carbocycles. The summed E-state index contributed by atoms with van der Waals surface area (Å²) in [6, 6.07) is 6.34. The first-order valence-corrected chi connectivity index (χ1v) is 10.8. The van der Waals surface area contributed by atoms with E-state index in [4.69, 9.17) is 17.3 Å². The summed E-state index contributed by atoms with van der Waals surface area (Å²) in [5, 5.41) is 3.01. The number of halogens is 1. The van der Waals surface area contributed by atoms with Gasteiger partial charge in [0.25, 0.3) is 0 Å². The minimum absolute atomic E-state index is 0.0216. The van der Waals surface area contributed by atoms with Gasteiger partial charge in [0.15, 0.2) is 9.84 Å². The molecule has 0 heterocycles. The Hall–Kier alpha value is -1.11. The van der Waals surface area contributed by atoms with Crippen molar-refractivity contribution >= 4 is 27.3 Å². The molecule has 0 radical (unpaired) electrons. The standard InChI is InChI=1S/C18H25ClN2O3S/c19-13-4-3-5-14(10-13)25(23,24)15-8-12(9-15)11-21-18(22)16-6-1-2-7-17(16)20/h3-5,10,12,15-17H,1-2,6-9,11,20H2,(H,21,22)/t12?,15?,16-,17+/m1/s1. The van der Waals surface area contributed by atoms with E-state index in [-0.39, 0.29) is 33.9 Å². The highest BCUT2D eigenvalue weighted by atomic mass is 35.5. The first-order valence-electron chi connectivity index (χ1n) is 8.90. The van der Waals surface area contributed by atoms with Gasteiger partial charge in [-0.1, -0.05) is 30.5 Å². The Morgan fingerprint density at radius 2 is 1.96 bits per heavy atom. The van der Waals surface area contributed by atoms with Gasteiger partial charge < -0.3 is 11.1 Å². The van der Waals surface area contributed by atoms with Crippen LogP contribution in [-0.4, -0.2) is 32.2 Å². The van der Waals surface area contributed by atoms with Crippen molar-refractivity contribution in [2.24, 2.45) is 17.6 Å². The van der Waals surface area contributed by atoms with E-state index in [1.807, 2.05) is 0 Å². The van der Waals surface area contributed by atoms with E-state index < -0.39 is 9.84 Å². The Bertz CT molecular complexity index is 732. The van der Waals surface area contributed by atoms with Gasteiger partial charge in [-0.3, -0.25) is 4.79 Å². The molecule has 0 aromatic heterocycles. The molecular formula is C18H25ClN2O3S. The van der Waals surface area contributed by atoms with Gasteiger partial charge in [-0.2, -0.15) is 0 Å². The molecule has 138 valence electrons. The van der Waals surface area contributed by atoms with Crippen LogP contribution in [0, 0.1) is 11.8 Å². The minimum atomic E-state index is -3.34. The number of benzene rings is 1. The SMILES string of the molecule is N[C@H]1CCCC[C@H]1C(=O)NCC1CC(S(=O)(=O)c2cccc(Cl)c2)C1. The maximum Gasteiger partial charge on any atom is 0.224 e. The fourth-order valence-electron chi connectivity index (χ4n) is 3.79. The van der Waals surface area contributed by atoms with Crippen molar-refractivity contribution in [2.45, 2.75) is 54.7 Å². The average Bonchev–Trinajstić information content (AvgIpc) is 2.53. The normalized spacial score (nSPS) is 29.7. The van der Waals surface area contributed by atoms with E-state index >= 15 is 0 Å². The molecule has 2 fully saturated rings. The number of nitrogens with one attached hydrogen (secondary N) is 1. The van der Waals surface area contributed by atoms with Gasteiger partial charge in [-0.05, 0) is 49.8 Å². The fourth-order valence-corrected chi connectivity index (χ4v) is 6.04. The van der Waals surface area contributed by atoms with E-state index in [2.05, 4.69) is 5.32 Å². The highest BCUT2D eigenvalue weighted by Crippen LogP contribution is 2.36. The van der Waals surface area contributed by atoms with E-state index in [0.29, 0.717) is 24.4 Å². The van der Waals surface area contributed by atoms with E-state index in [1.165, 1.54) is 6.07 Å². The van der Waals surface area contributed by atoms with Crippen molar-refractivity contribution in [3.63, 3.8) is 0 Å². The largest absolute Gasteiger partial charge is 0.356 e. The lowest BCUT2D eigenvalue weighted by Crippen LogP contribution is -2.47. The number of amides is 1. The quantitative estimate of drug-likeness (QED) is 0.816. The van der Waals surface area contributed by atoms with E-state index in [9.17, 15) is 13.2 Å². The van der Waals surface area contributed by atoms with Gasteiger partial charge >= 0.3 is 0 Å². The molecule has 1 aromatic rings. The molecule has 3 rings (SSSR count). The van der Waals surface area contributed by atoms with Crippen LogP contribution in [0.4, 0.5) is 0 Å². The smallest absolute Gasteiger partial charge is 0.224 e. The molecule has 0 aliphatic heterocycles. The first-order chi connectivity index (χ1) is 11.9. The number of carbonyl (C=O) groups excluding carboxylic acids is 1. The first kappa shape index (κ1) is 18.7. The van der Waals surface area contributed by atoms with Crippen LogP contribution in [0.25, 0.3) is 0 Å². The monoisotopic (exact) mass is 384 g/mol. The topological polar surface area (TPSA) is 89.3 Å². The Labute approximate surface area is 154 Å². The van der Waals surface area contributed by atoms with Gasteiger partial charge in [0.1, 0.15) is 0 Å². The summed E-state index contributed by atoms with van der Waals surface area (Å²) in [7, 11) is -3.34. The lowest BCUT2D eigenvalue weighted by molar-refractivity contribution is -0.126. The van der Waals surface area contributed by atoms with Gasteiger partial charge in [0.05, 0.1) is 16.1 Å². The minimum Gasteiger partial charge on any atom is -0.356 e. The summed E-state index contributed by atoms with van der Waals surface area (Å²) < 4.78 is 25.2. The summed E-state index contributed by atoms with van der Waals surface area (Å²) in [4.78, 5) is 12.5. The van der Waals surface area contributed by atoms with Crippen LogP contribution in [0.3, 0.4) is 0 Å². The van der Waals surface area contributed by atoms with Crippen LogP contribution < -0.4 is 11.1 Å². The second kappa shape index (κ2) is 7.64. The summed E-state index contributed by atoms with van der Waals surface area (Å²) in [6.45, 7) is 0.531. The molecule has 2 atom stereocenters. The zero-order valence-electron chi connectivity index (χ0n) is 14.2. The van der Waals surface area contributed by atoms with Gasteiger partial charge in [0, 0.05) is 17.6 Å². The molecular weight excluding hydrogens is 360 g/mol. The average molecular weight is 385 g/mol. The fraction of sp³-hybridized carbons (Fsp3) is 0.611. The Morgan fingerprint density at radius 1 is 1.24 bits per heavy atom. The maximum atomic E-state index is 12.6. The van der Waals surface area contributed by atoms with Crippen LogP contribution in [0.2, 0.25) is 5.02 Å². The molecule has 1 aromatic carbocycles. The molecule has 5 nitrogen and oxygen atoms in total. The van der Waals surface area contributed by atoms with Crippen molar-refractivity contribution in [1.29, 1.82) is 0 Å². The van der Waals surface area contributed by atoms with Crippen LogP contribution in [0.15, 0.2) is 29.2 Å². The molecule has 7 heteroatoms. The molecule has 0 bridgehead atoms. The molecule has 1 amide bonds. The van der Waals surface area contributed by atoms with Crippen LogP contribution in [0.5, 0.6) is 0 Å². The molecule has 2 saturated carbocycles. The summed E-state index contributed by atoms with van der Waals surface area (Å²) in [6.07, 6.45) is 5.05. The molecule has 25 heavy (non-hydrogen) atoms. The Morgan fingerprint density at radius 3 is 2.64 bits per heavy atom. The zero-order valence-corrected chi connectivity index (χ0v) is 15.7. The van der Waals surface area contributed by atoms with Gasteiger partial charge in [0.2, 0.25) is 5.91 Å².